The van der Waals surface area contributed by atoms with Crippen molar-refractivity contribution in [2.75, 3.05) is 6.61 Å². The molecule has 118 valence electrons. The summed E-state index contributed by atoms with van der Waals surface area (Å²) in [4.78, 5) is 12.1. The Morgan fingerprint density at radius 1 is 1.18 bits per heavy atom. The minimum atomic E-state index is -1.04. The molecule has 1 N–H and O–H groups in total. The molecule has 2 aromatic carbocycles. The van der Waals surface area contributed by atoms with Crippen LogP contribution in [0.4, 0.5) is 0 Å². The number of hydrogen-bond donors (Lipinski definition) is 1. The van der Waals surface area contributed by atoms with Crippen molar-refractivity contribution >= 4 is 3.79 Å². The van der Waals surface area contributed by atoms with E-state index in [2.05, 4.69) is 0 Å². The first-order valence-electron chi connectivity index (χ1n) is 7.07. The topological polar surface area (TPSA) is 46.5 Å². The Morgan fingerprint density at radius 3 is 2.45 bits per heavy atom. The Labute approximate surface area is 142 Å². The van der Waals surface area contributed by atoms with Crippen LogP contribution in [0.2, 0.25) is 0 Å². The van der Waals surface area contributed by atoms with Crippen molar-refractivity contribution in [3.63, 3.8) is 0 Å². The van der Waals surface area contributed by atoms with Crippen molar-refractivity contribution in [1.29, 1.82) is 0 Å². The van der Waals surface area contributed by atoms with E-state index in [9.17, 15) is 9.90 Å². The second-order valence-electron chi connectivity index (χ2n) is 5.82. The van der Waals surface area contributed by atoms with Crippen molar-refractivity contribution in [3.05, 3.63) is 65.2 Å². The third kappa shape index (κ3) is 4.08. The fourth-order valence-electron chi connectivity index (χ4n) is 1.94. The Kier molecular flexibility index (Phi) is 5.58. The summed E-state index contributed by atoms with van der Waals surface area (Å²) in [6, 6.07) is 15.1. The van der Waals surface area contributed by atoms with Gasteiger partial charge in [0.25, 0.3) is 0 Å². The summed E-state index contributed by atoms with van der Waals surface area (Å²) in [5, 5.41) is 9.44. The molecule has 0 aromatic heterocycles. The summed E-state index contributed by atoms with van der Waals surface area (Å²) >= 11 is -1.04. The Morgan fingerprint density at radius 2 is 1.86 bits per heavy atom. The molecule has 0 saturated heterocycles. The van der Waals surface area contributed by atoms with Crippen molar-refractivity contribution in [3.8, 4) is 5.75 Å². The van der Waals surface area contributed by atoms with Gasteiger partial charge in [-0.3, -0.25) is 0 Å². The molecule has 0 aliphatic heterocycles. The summed E-state index contributed by atoms with van der Waals surface area (Å²) < 4.78 is 5.82. The van der Waals surface area contributed by atoms with Crippen LogP contribution in [-0.4, -0.2) is 15.5 Å². The number of carbonyl (C=O) groups is 1. The Bertz CT molecular complexity index is 651. The maximum atomic E-state index is 12.1. The number of rotatable bonds is 6. The number of aliphatic hydroxyl groups is 1. The van der Waals surface area contributed by atoms with Gasteiger partial charge >= 0.3 is 142 Å². The van der Waals surface area contributed by atoms with E-state index in [0.29, 0.717) is 5.56 Å². The Balaban J connectivity index is 2.07. The van der Waals surface area contributed by atoms with Crippen LogP contribution in [0.3, 0.4) is 0 Å². The van der Waals surface area contributed by atoms with Gasteiger partial charge in [-0.1, -0.05) is 0 Å². The zero-order valence-electron chi connectivity index (χ0n) is 13.0. The van der Waals surface area contributed by atoms with Crippen LogP contribution in [0, 0.1) is 6.92 Å². The van der Waals surface area contributed by atoms with Gasteiger partial charge in [-0.2, -0.15) is 0 Å². The normalized spacial score (nSPS) is 11.5. The van der Waals surface area contributed by atoms with E-state index in [4.69, 9.17) is 3.07 Å². The van der Waals surface area contributed by atoms with Gasteiger partial charge in [0.1, 0.15) is 0 Å². The number of aryl methyl sites for hydroxylation is 1. The quantitative estimate of drug-likeness (QED) is 0.556. The van der Waals surface area contributed by atoms with Crippen molar-refractivity contribution in [1.82, 2.24) is 0 Å². The first-order chi connectivity index (χ1) is 10.4. The second-order valence-corrected chi connectivity index (χ2v) is 7.68. The number of aliphatic hydroxyl groups excluding tert-OH is 1. The summed E-state index contributed by atoms with van der Waals surface area (Å²) in [6.45, 7) is 6.04. The molecular formula is C18H20IO3-. The van der Waals surface area contributed by atoms with Gasteiger partial charge in [0.2, 0.25) is 0 Å². The van der Waals surface area contributed by atoms with E-state index in [1.54, 1.807) is 0 Å². The number of benzene rings is 2. The molecule has 0 saturated carbocycles. The van der Waals surface area contributed by atoms with Crippen molar-refractivity contribution < 1.29 is 34.6 Å². The third-order valence-electron chi connectivity index (χ3n) is 3.54. The van der Waals surface area contributed by atoms with E-state index in [1.807, 2.05) is 69.3 Å². The van der Waals surface area contributed by atoms with E-state index in [0.717, 1.165) is 16.9 Å². The molecule has 0 heterocycles. The zero-order valence-corrected chi connectivity index (χ0v) is 15.1. The van der Waals surface area contributed by atoms with Gasteiger partial charge in [-0.15, -0.1) is 0 Å². The van der Waals surface area contributed by atoms with Gasteiger partial charge in [-0.25, -0.2) is 0 Å². The van der Waals surface area contributed by atoms with Gasteiger partial charge in [0, 0.05) is 0 Å². The summed E-state index contributed by atoms with van der Waals surface area (Å²) in [5.74, 6) is 0.745. The zero-order chi connectivity index (χ0) is 16.2. The van der Waals surface area contributed by atoms with Crippen LogP contribution >= 0.6 is 0 Å². The van der Waals surface area contributed by atoms with Crippen molar-refractivity contribution in [2.45, 2.75) is 26.2 Å². The molecule has 0 fully saturated rings. The first-order valence-corrected chi connectivity index (χ1v) is 9.03. The predicted octanol–water partition coefficient (Wildman–Crippen LogP) is 0.488. The van der Waals surface area contributed by atoms with Gasteiger partial charge in [-0.05, 0) is 0 Å². The average molecular weight is 411 g/mol. The number of carbonyl (C=O) groups excluding carboxylic acids is 1. The SMILES string of the molecule is Cc1cc(C(C)(C)CO)ccc1O[I-]C(=O)c1ccccc1. The van der Waals surface area contributed by atoms with Crippen LogP contribution < -0.4 is 24.7 Å². The van der Waals surface area contributed by atoms with Crippen LogP contribution in [-0.2, 0) is 5.41 Å². The van der Waals surface area contributed by atoms with Crippen LogP contribution in [0.5, 0.6) is 5.75 Å². The van der Waals surface area contributed by atoms with E-state index < -0.39 is 21.6 Å². The van der Waals surface area contributed by atoms with Gasteiger partial charge in [0.15, 0.2) is 0 Å². The predicted molar refractivity (Wildman–Crippen MR) is 82.7 cm³/mol. The molecule has 2 aromatic rings. The summed E-state index contributed by atoms with van der Waals surface area (Å²) in [7, 11) is 0. The molecule has 0 unspecified atom stereocenters. The monoisotopic (exact) mass is 411 g/mol. The molecule has 0 aliphatic carbocycles. The van der Waals surface area contributed by atoms with E-state index in [-0.39, 0.29) is 15.8 Å². The first kappa shape index (κ1) is 17.0. The third-order valence-corrected chi connectivity index (χ3v) is 5.26. The fraction of sp³-hybridized carbons (Fsp3) is 0.278. The molecule has 2 rings (SSSR count). The van der Waals surface area contributed by atoms with Gasteiger partial charge in [0.05, 0.1) is 0 Å². The van der Waals surface area contributed by atoms with Crippen molar-refractivity contribution in [2.24, 2.45) is 0 Å². The standard InChI is InChI=1S/C18H20IO3/c1-13-11-15(18(2,3)12-20)9-10-16(13)22-19-17(21)14-7-5-4-6-8-14/h4-11,20H,12H2,1-3H3/q-1. The maximum absolute atomic E-state index is 12.1. The average Bonchev–Trinajstić information content (AvgIpc) is 2.54. The molecule has 22 heavy (non-hydrogen) atoms. The molecule has 0 spiro atoms. The molecule has 4 heteroatoms. The summed E-state index contributed by atoms with van der Waals surface area (Å²) in [6.07, 6.45) is 0. The molecule has 3 nitrogen and oxygen atoms in total. The van der Waals surface area contributed by atoms with E-state index in [1.165, 1.54) is 0 Å². The number of halogens is 1. The second kappa shape index (κ2) is 7.24. The summed E-state index contributed by atoms with van der Waals surface area (Å²) in [5.41, 5.74) is 2.47. The van der Waals surface area contributed by atoms with E-state index >= 15 is 0 Å². The molecule has 0 radical (unpaired) electrons. The minimum absolute atomic E-state index is 0.0681. The molecule has 0 aliphatic rings. The molecule has 0 atom stereocenters. The van der Waals surface area contributed by atoms with Crippen LogP contribution in [0.1, 0.15) is 35.3 Å². The Hall–Kier alpha value is -1.40. The fourth-order valence-corrected chi connectivity index (χ4v) is 3.48. The van der Waals surface area contributed by atoms with Crippen LogP contribution in [0.15, 0.2) is 48.5 Å². The molecular weight excluding hydrogens is 391 g/mol. The van der Waals surface area contributed by atoms with Crippen LogP contribution in [0.25, 0.3) is 0 Å². The molecule has 0 bridgehead atoms. The number of hydrogen-bond acceptors (Lipinski definition) is 3. The van der Waals surface area contributed by atoms with Gasteiger partial charge < -0.3 is 0 Å². The molecule has 0 amide bonds.